The molecular formula is C15H17IO4. The third kappa shape index (κ3) is 3.50. The van der Waals surface area contributed by atoms with Gasteiger partial charge in [-0.2, -0.15) is 0 Å². The third-order valence-corrected chi connectivity index (χ3v) is 4.21. The molecule has 0 radical (unpaired) electrons. The normalized spacial score (nSPS) is 22.1. The van der Waals surface area contributed by atoms with E-state index in [1.165, 1.54) is 0 Å². The van der Waals surface area contributed by atoms with Crippen molar-refractivity contribution >= 4 is 34.5 Å². The van der Waals surface area contributed by atoms with Crippen molar-refractivity contribution in [2.45, 2.75) is 30.3 Å². The second kappa shape index (κ2) is 6.11. The number of carbonyl (C=O) groups is 2. The summed E-state index contributed by atoms with van der Waals surface area (Å²) in [6.45, 7) is 4.00. The molecular weight excluding hydrogens is 371 g/mol. The first-order valence-electron chi connectivity index (χ1n) is 6.45. The Morgan fingerprint density at radius 1 is 1.45 bits per heavy atom. The van der Waals surface area contributed by atoms with Crippen LogP contribution in [0.4, 0.5) is 0 Å². The molecule has 0 unspecified atom stereocenters. The zero-order valence-corrected chi connectivity index (χ0v) is 13.6. The molecule has 108 valence electrons. The van der Waals surface area contributed by atoms with Gasteiger partial charge in [0.2, 0.25) is 6.10 Å². The van der Waals surface area contributed by atoms with Crippen molar-refractivity contribution in [3.05, 3.63) is 35.9 Å². The molecule has 1 aliphatic rings. The number of alkyl halides is 1. The quantitative estimate of drug-likeness (QED) is 0.452. The van der Waals surface area contributed by atoms with Gasteiger partial charge in [-0.1, -0.05) is 66.8 Å². The minimum atomic E-state index is -0.803. The van der Waals surface area contributed by atoms with E-state index in [9.17, 15) is 9.59 Å². The van der Waals surface area contributed by atoms with E-state index >= 15 is 0 Å². The highest BCUT2D eigenvalue weighted by molar-refractivity contribution is 14.1. The fourth-order valence-electron chi connectivity index (χ4n) is 2.03. The van der Waals surface area contributed by atoms with Gasteiger partial charge in [0, 0.05) is 5.41 Å². The van der Waals surface area contributed by atoms with Crippen LogP contribution in [0, 0.1) is 5.41 Å². The van der Waals surface area contributed by atoms with Crippen LogP contribution in [-0.2, 0) is 25.5 Å². The zero-order chi connectivity index (χ0) is 14.8. The molecule has 5 heteroatoms. The van der Waals surface area contributed by atoms with Crippen LogP contribution in [0.25, 0.3) is 0 Å². The van der Waals surface area contributed by atoms with E-state index in [0.29, 0.717) is 6.42 Å². The number of hydrogen-bond donors (Lipinski definition) is 0. The molecule has 0 spiro atoms. The van der Waals surface area contributed by atoms with Gasteiger partial charge in [-0.15, -0.1) is 0 Å². The zero-order valence-electron chi connectivity index (χ0n) is 11.5. The lowest BCUT2D eigenvalue weighted by atomic mass is 9.90. The molecule has 0 aromatic heterocycles. The molecule has 1 aliphatic heterocycles. The fraction of sp³-hybridized carbons (Fsp3) is 0.467. The summed E-state index contributed by atoms with van der Waals surface area (Å²) in [5.41, 5.74) is 0.604. The minimum Gasteiger partial charge on any atom is -0.462 e. The molecule has 2 rings (SSSR count). The van der Waals surface area contributed by atoms with E-state index in [0.717, 1.165) is 5.56 Å². The molecule has 1 heterocycles. The van der Waals surface area contributed by atoms with Gasteiger partial charge in [0.1, 0.15) is 10.5 Å². The lowest BCUT2D eigenvalue weighted by molar-refractivity contribution is -0.162. The number of benzene rings is 1. The highest BCUT2D eigenvalue weighted by atomic mass is 127. The monoisotopic (exact) mass is 388 g/mol. The van der Waals surface area contributed by atoms with Crippen molar-refractivity contribution in [3.63, 3.8) is 0 Å². The highest BCUT2D eigenvalue weighted by Gasteiger charge is 2.47. The van der Waals surface area contributed by atoms with Crippen LogP contribution < -0.4 is 0 Å². The number of hydrogen-bond acceptors (Lipinski definition) is 4. The van der Waals surface area contributed by atoms with Crippen LogP contribution in [0.3, 0.4) is 0 Å². The van der Waals surface area contributed by atoms with E-state index in [1.807, 2.05) is 66.8 Å². The summed E-state index contributed by atoms with van der Waals surface area (Å²) >= 11 is 2.05. The predicted molar refractivity (Wildman–Crippen MR) is 82.6 cm³/mol. The lowest BCUT2D eigenvalue weighted by Crippen LogP contribution is -2.37. The van der Waals surface area contributed by atoms with E-state index in [-0.39, 0.29) is 16.5 Å². The van der Waals surface area contributed by atoms with Crippen molar-refractivity contribution in [3.8, 4) is 0 Å². The Balaban J connectivity index is 1.96. The van der Waals surface area contributed by atoms with Crippen LogP contribution in [0.1, 0.15) is 19.4 Å². The summed E-state index contributed by atoms with van der Waals surface area (Å²) in [4.78, 5) is 23.7. The van der Waals surface area contributed by atoms with Gasteiger partial charge in [-0.05, 0) is 12.0 Å². The Hall–Kier alpha value is -1.11. The molecule has 0 bridgehead atoms. The second-order valence-corrected chi connectivity index (χ2v) is 7.07. The molecule has 2 atom stereocenters. The number of rotatable bonds is 4. The third-order valence-electron chi connectivity index (χ3n) is 3.26. The molecule has 1 aromatic carbocycles. The van der Waals surface area contributed by atoms with Crippen molar-refractivity contribution in [1.29, 1.82) is 0 Å². The Morgan fingerprint density at radius 3 is 2.65 bits per heavy atom. The average Bonchev–Trinajstić information content (AvgIpc) is 2.66. The summed E-state index contributed by atoms with van der Waals surface area (Å²) in [6.07, 6.45) is -0.217. The maximum Gasteiger partial charge on any atom is 0.348 e. The van der Waals surface area contributed by atoms with E-state index < -0.39 is 17.5 Å². The smallest absolute Gasteiger partial charge is 0.348 e. The van der Waals surface area contributed by atoms with Crippen molar-refractivity contribution in [2.75, 3.05) is 6.61 Å². The van der Waals surface area contributed by atoms with Crippen molar-refractivity contribution in [2.24, 2.45) is 5.41 Å². The predicted octanol–water partition coefficient (Wildman–Crippen LogP) is 2.53. The lowest BCUT2D eigenvalue weighted by Gasteiger charge is -2.22. The minimum absolute atomic E-state index is 0.286. The number of carbonyl (C=O) groups excluding carboxylic acids is 2. The molecule has 1 fully saturated rings. The summed E-state index contributed by atoms with van der Waals surface area (Å²) in [5, 5.41) is 0. The molecule has 0 saturated carbocycles. The first-order valence-corrected chi connectivity index (χ1v) is 7.70. The summed E-state index contributed by atoms with van der Waals surface area (Å²) < 4.78 is 9.99. The van der Waals surface area contributed by atoms with E-state index in [2.05, 4.69) is 0 Å². The van der Waals surface area contributed by atoms with Gasteiger partial charge in [0.25, 0.3) is 0 Å². The summed E-state index contributed by atoms with van der Waals surface area (Å²) in [5.74, 6) is -0.821. The number of esters is 2. The first-order chi connectivity index (χ1) is 9.40. The Labute approximate surface area is 132 Å². The van der Waals surface area contributed by atoms with Gasteiger partial charge < -0.3 is 9.47 Å². The van der Waals surface area contributed by atoms with Crippen LogP contribution in [0.15, 0.2) is 30.3 Å². The topological polar surface area (TPSA) is 52.6 Å². The van der Waals surface area contributed by atoms with Crippen molar-refractivity contribution < 1.29 is 19.1 Å². The molecule has 0 N–H and O–H groups in total. The maximum absolute atomic E-state index is 12.1. The van der Waals surface area contributed by atoms with Crippen LogP contribution in [0.5, 0.6) is 0 Å². The first kappa shape index (κ1) is 15.3. The molecule has 0 amide bonds. The van der Waals surface area contributed by atoms with E-state index in [4.69, 9.17) is 9.47 Å². The largest absolute Gasteiger partial charge is 0.462 e. The molecule has 0 aliphatic carbocycles. The molecule has 1 aromatic rings. The number of cyclic esters (lactones) is 1. The van der Waals surface area contributed by atoms with Gasteiger partial charge in [0.05, 0.1) is 0 Å². The fourth-order valence-corrected chi connectivity index (χ4v) is 2.68. The van der Waals surface area contributed by atoms with Gasteiger partial charge in [0.15, 0.2) is 0 Å². The highest BCUT2D eigenvalue weighted by Crippen LogP contribution is 2.31. The molecule has 1 saturated heterocycles. The van der Waals surface area contributed by atoms with Gasteiger partial charge >= 0.3 is 11.9 Å². The summed E-state index contributed by atoms with van der Waals surface area (Å²) in [6, 6.07) is 9.73. The van der Waals surface area contributed by atoms with E-state index in [1.54, 1.807) is 0 Å². The average molecular weight is 388 g/mol. The van der Waals surface area contributed by atoms with Gasteiger partial charge in [-0.25, -0.2) is 4.79 Å². The van der Waals surface area contributed by atoms with Crippen LogP contribution >= 0.6 is 22.6 Å². The second-order valence-electron chi connectivity index (χ2n) is 5.57. The summed E-state index contributed by atoms with van der Waals surface area (Å²) in [7, 11) is 0. The van der Waals surface area contributed by atoms with Crippen molar-refractivity contribution in [1.82, 2.24) is 0 Å². The number of halogens is 1. The Kier molecular flexibility index (Phi) is 4.67. The van der Waals surface area contributed by atoms with Gasteiger partial charge in [-0.3, -0.25) is 4.79 Å². The Morgan fingerprint density at radius 2 is 2.10 bits per heavy atom. The van der Waals surface area contributed by atoms with Crippen LogP contribution in [0.2, 0.25) is 0 Å². The maximum atomic E-state index is 12.1. The number of ether oxygens (including phenoxy) is 2. The standard InChI is InChI=1S/C15H17IO4/c1-15(2)9-19-14(18)12(15)20-13(17)11(16)8-10-6-4-3-5-7-10/h3-7,11-12H,8-9H2,1-2H3/t11-,12-/m0/s1. The molecule has 4 nitrogen and oxygen atoms in total. The Bertz CT molecular complexity index is 498. The molecule has 20 heavy (non-hydrogen) atoms. The van der Waals surface area contributed by atoms with Crippen LogP contribution in [-0.4, -0.2) is 28.6 Å². The SMILES string of the molecule is CC1(C)COC(=O)[C@@H]1OC(=O)[C@@H](I)Cc1ccccc1.